The van der Waals surface area contributed by atoms with Crippen LogP contribution in [0.2, 0.25) is 0 Å². The molecule has 4 aliphatic heterocycles. The topological polar surface area (TPSA) is 80.3 Å². The van der Waals surface area contributed by atoms with Crippen molar-refractivity contribution in [3.8, 4) is 0 Å². The second-order valence-corrected chi connectivity index (χ2v) is 5.32. The molecular weight excluding hydrogens is 268 g/mol. The third-order valence-electron chi connectivity index (χ3n) is 4.23. The minimum absolute atomic E-state index is 0. The molecule has 0 saturated carbocycles. The molecule has 0 N–H and O–H groups in total. The molecule has 4 saturated heterocycles. The van der Waals surface area contributed by atoms with Gasteiger partial charge in [0.15, 0.2) is 0 Å². The summed E-state index contributed by atoms with van der Waals surface area (Å²) in [6, 6.07) is 0. The normalized spacial score (nSPS) is 51.7. The molecular formula is C13H18O7. The van der Waals surface area contributed by atoms with Crippen molar-refractivity contribution < 1.29 is 33.3 Å². The summed E-state index contributed by atoms with van der Waals surface area (Å²) in [6.07, 6.45) is -1.75. The third kappa shape index (κ3) is 1.54. The fraction of sp³-hybridized carbons (Fsp3) is 0.846. The van der Waals surface area contributed by atoms with Crippen molar-refractivity contribution in [3.63, 3.8) is 0 Å². The lowest BCUT2D eigenvalue weighted by atomic mass is 9.78. The summed E-state index contributed by atoms with van der Waals surface area (Å²) >= 11 is 0. The zero-order chi connectivity index (χ0) is 13.4. The molecule has 0 spiro atoms. The van der Waals surface area contributed by atoms with E-state index >= 15 is 0 Å². The lowest BCUT2D eigenvalue weighted by molar-refractivity contribution is -0.339. The standard InChI is InChI=1S/C12H14O7.CH4/c1-3-15-12(2)18-8-6-4-5(11(14)17-10(4)13)7(16-6)9(8)19-12;/h4-9H,3H2,1-2H3;1H4/t4?,5?,6-,7?,8+,9?,12?;/m0./s1. The first-order valence-corrected chi connectivity index (χ1v) is 6.44. The fourth-order valence-electron chi connectivity index (χ4n) is 3.61. The quantitative estimate of drug-likeness (QED) is 0.530. The SMILES string of the molecule is C.CCOC1(C)OC2C3O[C@@H](C4C(=O)OC(=O)C34)[C@H]2O1. The van der Waals surface area contributed by atoms with E-state index in [1.54, 1.807) is 6.92 Å². The number of fused-ring (bicyclic) bond motifs is 8. The van der Waals surface area contributed by atoms with Gasteiger partial charge in [-0.3, -0.25) is 9.59 Å². The van der Waals surface area contributed by atoms with Crippen molar-refractivity contribution in [2.45, 2.75) is 51.7 Å². The highest BCUT2D eigenvalue weighted by Gasteiger charge is 2.73. The van der Waals surface area contributed by atoms with E-state index in [2.05, 4.69) is 4.74 Å². The molecule has 7 heteroatoms. The van der Waals surface area contributed by atoms with E-state index in [1.165, 1.54) is 0 Å². The third-order valence-corrected chi connectivity index (χ3v) is 4.23. The highest BCUT2D eigenvalue weighted by molar-refractivity contribution is 5.98. The fourth-order valence-corrected chi connectivity index (χ4v) is 3.61. The van der Waals surface area contributed by atoms with Gasteiger partial charge >= 0.3 is 11.9 Å². The molecule has 2 bridgehead atoms. The highest BCUT2D eigenvalue weighted by Crippen LogP contribution is 2.53. The minimum atomic E-state index is -1.13. The van der Waals surface area contributed by atoms with Crippen LogP contribution in [0, 0.1) is 11.8 Å². The van der Waals surface area contributed by atoms with Gasteiger partial charge in [-0.15, -0.1) is 0 Å². The molecule has 5 unspecified atom stereocenters. The first-order chi connectivity index (χ1) is 9.04. The van der Waals surface area contributed by atoms with Gasteiger partial charge in [0, 0.05) is 13.5 Å². The molecule has 7 nitrogen and oxygen atoms in total. The van der Waals surface area contributed by atoms with Crippen molar-refractivity contribution >= 4 is 11.9 Å². The molecule has 112 valence electrons. The number of esters is 2. The lowest BCUT2D eigenvalue weighted by Gasteiger charge is -2.24. The maximum atomic E-state index is 11.7. The molecule has 4 rings (SSSR count). The molecule has 0 aromatic heterocycles. The predicted octanol–water partition coefficient (Wildman–Crippen LogP) is 0.213. The Morgan fingerprint density at radius 3 is 2.00 bits per heavy atom. The van der Waals surface area contributed by atoms with Crippen LogP contribution in [0.5, 0.6) is 0 Å². The first kappa shape index (κ1) is 13.9. The van der Waals surface area contributed by atoms with Crippen LogP contribution in [0.15, 0.2) is 0 Å². The average Bonchev–Trinajstić information content (AvgIpc) is 2.99. The van der Waals surface area contributed by atoms with Crippen LogP contribution in [-0.2, 0) is 33.3 Å². The van der Waals surface area contributed by atoms with Gasteiger partial charge in [-0.2, -0.15) is 0 Å². The van der Waals surface area contributed by atoms with Crippen molar-refractivity contribution in [3.05, 3.63) is 0 Å². The van der Waals surface area contributed by atoms with Crippen LogP contribution in [-0.4, -0.2) is 48.9 Å². The van der Waals surface area contributed by atoms with Crippen molar-refractivity contribution in [2.24, 2.45) is 11.8 Å². The summed E-state index contributed by atoms with van der Waals surface area (Å²) in [7, 11) is 0. The first-order valence-electron chi connectivity index (χ1n) is 6.44. The largest absolute Gasteiger partial charge is 0.393 e. The number of hydrogen-bond donors (Lipinski definition) is 0. The molecule has 4 heterocycles. The maximum Gasteiger partial charge on any atom is 0.320 e. The minimum Gasteiger partial charge on any atom is -0.393 e. The molecule has 0 radical (unpaired) electrons. The summed E-state index contributed by atoms with van der Waals surface area (Å²) < 4.78 is 27.3. The molecule has 4 aliphatic rings. The van der Waals surface area contributed by atoms with Crippen LogP contribution in [0.4, 0.5) is 0 Å². The lowest BCUT2D eigenvalue weighted by Crippen LogP contribution is -2.46. The zero-order valence-corrected chi connectivity index (χ0v) is 10.5. The van der Waals surface area contributed by atoms with E-state index in [9.17, 15) is 9.59 Å². The Bertz CT molecular complexity index is 428. The summed E-state index contributed by atoms with van der Waals surface area (Å²) in [5, 5.41) is 0. The van der Waals surface area contributed by atoms with Gasteiger partial charge < -0.3 is 23.7 Å². The Balaban J connectivity index is 0.00000121. The van der Waals surface area contributed by atoms with Crippen LogP contribution in [0.25, 0.3) is 0 Å². The van der Waals surface area contributed by atoms with E-state index in [0.717, 1.165) is 0 Å². The Labute approximate surface area is 116 Å². The van der Waals surface area contributed by atoms with Gasteiger partial charge in [-0.1, -0.05) is 7.43 Å². The van der Waals surface area contributed by atoms with Gasteiger partial charge in [0.25, 0.3) is 5.97 Å². The number of carbonyl (C=O) groups is 2. The van der Waals surface area contributed by atoms with Gasteiger partial charge in [0.05, 0.1) is 0 Å². The smallest absolute Gasteiger partial charge is 0.320 e. The number of ether oxygens (including phenoxy) is 5. The molecule has 20 heavy (non-hydrogen) atoms. The van der Waals surface area contributed by atoms with Crippen molar-refractivity contribution in [1.29, 1.82) is 0 Å². The molecule has 0 aromatic carbocycles. The van der Waals surface area contributed by atoms with Gasteiger partial charge in [-0.25, -0.2) is 0 Å². The summed E-state index contributed by atoms with van der Waals surface area (Å²) in [5.74, 6) is -3.29. The molecule has 0 aliphatic carbocycles. The second kappa shape index (κ2) is 4.24. The highest BCUT2D eigenvalue weighted by atomic mass is 16.9. The summed E-state index contributed by atoms with van der Waals surface area (Å²) in [6.45, 7) is 3.97. The van der Waals surface area contributed by atoms with Crippen molar-refractivity contribution in [2.75, 3.05) is 6.61 Å². The van der Waals surface area contributed by atoms with Crippen LogP contribution >= 0.6 is 0 Å². The summed E-state index contributed by atoms with van der Waals surface area (Å²) in [4.78, 5) is 23.4. The number of hydrogen-bond acceptors (Lipinski definition) is 7. The Kier molecular flexibility index (Phi) is 2.95. The van der Waals surface area contributed by atoms with Gasteiger partial charge in [-0.05, 0) is 6.92 Å². The number of carbonyl (C=O) groups excluding carboxylic acids is 2. The van der Waals surface area contributed by atoms with Crippen molar-refractivity contribution in [1.82, 2.24) is 0 Å². The molecule has 7 atom stereocenters. The van der Waals surface area contributed by atoms with Gasteiger partial charge in [0.2, 0.25) is 0 Å². The van der Waals surface area contributed by atoms with E-state index < -0.39 is 42.0 Å². The Morgan fingerprint density at radius 1 is 1.05 bits per heavy atom. The predicted molar refractivity (Wildman–Crippen MR) is 63.2 cm³/mol. The van der Waals surface area contributed by atoms with E-state index in [4.69, 9.17) is 18.9 Å². The van der Waals surface area contributed by atoms with Crippen LogP contribution in [0.1, 0.15) is 21.3 Å². The van der Waals surface area contributed by atoms with Gasteiger partial charge in [0.1, 0.15) is 36.3 Å². The molecule has 0 aromatic rings. The second-order valence-electron chi connectivity index (χ2n) is 5.32. The molecule has 4 fully saturated rings. The van der Waals surface area contributed by atoms with Crippen LogP contribution < -0.4 is 0 Å². The number of rotatable bonds is 2. The number of cyclic esters (lactones) is 2. The van der Waals surface area contributed by atoms with E-state index in [1.807, 2.05) is 6.92 Å². The Morgan fingerprint density at radius 2 is 1.55 bits per heavy atom. The zero-order valence-electron chi connectivity index (χ0n) is 10.5. The average molecular weight is 286 g/mol. The Hall–Kier alpha value is -1.02. The maximum absolute atomic E-state index is 11.7. The van der Waals surface area contributed by atoms with E-state index in [0.29, 0.717) is 6.61 Å². The molecule has 0 amide bonds. The van der Waals surface area contributed by atoms with Crippen LogP contribution in [0.3, 0.4) is 0 Å². The van der Waals surface area contributed by atoms with E-state index in [-0.39, 0.29) is 19.6 Å². The monoisotopic (exact) mass is 286 g/mol. The summed E-state index contributed by atoms with van der Waals surface area (Å²) in [5.41, 5.74) is 0.